The van der Waals surface area contributed by atoms with Crippen molar-refractivity contribution >= 4 is 0 Å². The van der Waals surface area contributed by atoms with E-state index >= 15 is 0 Å². The van der Waals surface area contributed by atoms with Gasteiger partial charge in [0.25, 0.3) is 0 Å². The van der Waals surface area contributed by atoms with Crippen molar-refractivity contribution in [2.24, 2.45) is 23.7 Å². The Morgan fingerprint density at radius 3 is 2.41 bits per heavy atom. The van der Waals surface area contributed by atoms with Crippen molar-refractivity contribution in [3.8, 4) is 0 Å². The zero-order chi connectivity index (χ0) is 12.7. The summed E-state index contributed by atoms with van der Waals surface area (Å²) in [5.74, 6) is 3.65. The smallest absolute Gasteiger partial charge is 0.0290 e. The van der Waals surface area contributed by atoms with Gasteiger partial charge in [0.1, 0.15) is 0 Å². The van der Waals surface area contributed by atoms with Crippen LogP contribution < -0.4 is 0 Å². The van der Waals surface area contributed by atoms with Crippen molar-refractivity contribution in [1.29, 1.82) is 0 Å². The minimum absolute atomic E-state index is 0.716. The van der Waals surface area contributed by atoms with Gasteiger partial charge in [0.2, 0.25) is 0 Å². The predicted molar refractivity (Wildman–Crippen MR) is 78.1 cm³/mol. The van der Waals surface area contributed by atoms with Gasteiger partial charge >= 0.3 is 0 Å². The minimum atomic E-state index is 0.716. The number of unbranched alkanes of at least 4 members (excludes halogenated alkanes) is 1. The third-order valence-electron chi connectivity index (χ3n) is 4.29. The Bertz CT molecular complexity index is 212. The minimum Gasteiger partial charge on any atom is -0.0883 e. The predicted octanol–water partition coefficient (Wildman–Crippen LogP) is 5.83. The van der Waals surface area contributed by atoms with Crippen molar-refractivity contribution in [2.75, 3.05) is 0 Å². The second-order valence-electron chi connectivity index (χ2n) is 6.56. The van der Waals surface area contributed by atoms with Gasteiger partial charge in [-0.05, 0) is 49.4 Å². The SMILES string of the molecule is CC(C)/C=C/CCCC1CCCCC1C(C)C. The fourth-order valence-electron chi connectivity index (χ4n) is 3.34. The molecular weight excluding hydrogens is 204 g/mol. The maximum atomic E-state index is 2.42. The zero-order valence-corrected chi connectivity index (χ0v) is 12.4. The Hall–Kier alpha value is -0.260. The Balaban J connectivity index is 2.24. The first kappa shape index (κ1) is 14.8. The Morgan fingerprint density at radius 1 is 1.06 bits per heavy atom. The van der Waals surface area contributed by atoms with E-state index in [2.05, 4.69) is 39.8 Å². The maximum absolute atomic E-state index is 2.42. The molecule has 100 valence electrons. The third kappa shape index (κ3) is 5.75. The second kappa shape index (κ2) is 7.95. The summed E-state index contributed by atoms with van der Waals surface area (Å²) in [4.78, 5) is 0. The van der Waals surface area contributed by atoms with Crippen molar-refractivity contribution in [3.05, 3.63) is 12.2 Å². The van der Waals surface area contributed by atoms with Gasteiger partial charge in [-0.3, -0.25) is 0 Å². The fraction of sp³-hybridized carbons (Fsp3) is 0.882. The Morgan fingerprint density at radius 2 is 1.76 bits per heavy atom. The molecule has 0 aliphatic heterocycles. The molecule has 0 N–H and O–H groups in total. The highest BCUT2D eigenvalue weighted by Gasteiger charge is 2.26. The van der Waals surface area contributed by atoms with Crippen molar-refractivity contribution < 1.29 is 0 Å². The first-order chi connectivity index (χ1) is 8.11. The highest BCUT2D eigenvalue weighted by molar-refractivity contribution is 4.85. The van der Waals surface area contributed by atoms with Gasteiger partial charge in [-0.25, -0.2) is 0 Å². The second-order valence-corrected chi connectivity index (χ2v) is 6.56. The van der Waals surface area contributed by atoms with Crippen LogP contribution in [0.4, 0.5) is 0 Å². The highest BCUT2D eigenvalue weighted by atomic mass is 14.3. The summed E-state index contributed by atoms with van der Waals surface area (Å²) in [6.07, 6.45) is 14.8. The summed E-state index contributed by atoms with van der Waals surface area (Å²) in [7, 11) is 0. The molecule has 2 atom stereocenters. The van der Waals surface area contributed by atoms with E-state index < -0.39 is 0 Å². The van der Waals surface area contributed by atoms with E-state index in [1.54, 1.807) is 0 Å². The van der Waals surface area contributed by atoms with Crippen LogP contribution >= 0.6 is 0 Å². The average Bonchev–Trinajstić information content (AvgIpc) is 2.28. The number of allylic oxidation sites excluding steroid dienone is 2. The van der Waals surface area contributed by atoms with Crippen molar-refractivity contribution in [3.63, 3.8) is 0 Å². The fourth-order valence-corrected chi connectivity index (χ4v) is 3.34. The molecule has 0 radical (unpaired) electrons. The van der Waals surface area contributed by atoms with Gasteiger partial charge in [-0.15, -0.1) is 0 Å². The molecule has 0 bridgehead atoms. The summed E-state index contributed by atoms with van der Waals surface area (Å²) in [6, 6.07) is 0. The number of hydrogen-bond acceptors (Lipinski definition) is 0. The van der Waals surface area contributed by atoms with Crippen LogP contribution in [0.1, 0.15) is 72.6 Å². The molecule has 0 aromatic carbocycles. The monoisotopic (exact) mass is 236 g/mol. The topological polar surface area (TPSA) is 0 Å². The lowest BCUT2D eigenvalue weighted by Gasteiger charge is -2.34. The largest absolute Gasteiger partial charge is 0.0883 e. The van der Waals surface area contributed by atoms with Gasteiger partial charge in [-0.1, -0.05) is 59.1 Å². The molecule has 0 nitrogen and oxygen atoms in total. The van der Waals surface area contributed by atoms with Gasteiger partial charge in [0.05, 0.1) is 0 Å². The molecular formula is C17H32. The molecule has 0 heteroatoms. The van der Waals surface area contributed by atoms with Crippen LogP contribution in [0.15, 0.2) is 12.2 Å². The van der Waals surface area contributed by atoms with Gasteiger partial charge in [0.15, 0.2) is 0 Å². The van der Waals surface area contributed by atoms with Crippen LogP contribution in [0.3, 0.4) is 0 Å². The van der Waals surface area contributed by atoms with E-state index in [4.69, 9.17) is 0 Å². The molecule has 0 aromatic rings. The van der Waals surface area contributed by atoms with Crippen LogP contribution in [-0.4, -0.2) is 0 Å². The molecule has 0 amide bonds. The van der Waals surface area contributed by atoms with Crippen LogP contribution in [0.5, 0.6) is 0 Å². The maximum Gasteiger partial charge on any atom is -0.0290 e. The Labute approximate surface area is 109 Å². The average molecular weight is 236 g/mol. The zero-order valence-electron chi connectivity index (χ0n) is 12.4. The number of hydrogen-bond donors (Lipinski definition) is 0. The molecule has 17 heavy (non-hydrogen) atoms. The standard InChI is InChI=1S/C17H32/c1-14(2)10-6-5-7-11-16-12-8-9-13-17(16)15(3)4/h6,10,14-17H,5,7-9,11-13H2,1-4H3/b10-6+. The molecule has 0 aromatic heterocycles. The normalized spacial score (nSPS) is 26.2. The first-order valence-corrected chi connectivity index (χ1v) is 7.78. The lowest BCUT2D eigenvalue weighted by molar-refractivity contribution is 0.168. The summed E-state index contributed by atoms with van der Waals surface area (Å²) >= 11 is 0. The lowest BCUT2D eigenvalue weighted by atomic mass is 9.71. The van der Waals surface area contributed by atoms with Crippen LogP contribution in [0, 0.1) is 23.7 Å². The summed E-state index contributed by atoms with van der Waals surface area (Å²) in [5, 5.41) is 0. The molecule has 1 rings (SSSR count). The summed E-state index contributed by atoms with van der Waals surface area (Å²) in [5.41, 5.74) is 0. The molecule has 2 unspecified atom stereocenters. The van der Waals surface area contributed by atoms with Gasteiger partial charge < -0.3 is 0 Å². The molecule has 1 aliphatic rings. The van der Waals surface area contributed by atoms with Crippen molar-refractivity contribution in [1.82, 2.24) is 0 Å². The Kier molecular flexibility index (Phi) is 6.92. The van der Waals surface area contributed by atoms with E-state index in [0.717, 1.165) is 17.8 Å². The van der Waals surface area contributed by atoms with Crippen LogP contribution in [-0.2, 0) is 0 Å². The number of rotatable bonds is 6. The molecule has 1 aliphatic carbocycles. The van der Waals surface area contributed by atoms with Crippen LogP contribution in [0.2, 0.25) is 0 Å². The lowest BCUT2D eigenvalue weighted by Crippen LogP contribution is -2.24. The van der Waals surface area contributed by atoms with Gasteiger partial charge in [-0.2, -0.15) is 0 Å². The van der Waals surface area contributed by atoms with Crippen molar-refractivity contribution in [2.45, 2.75) is 72.6 Å². The van der Waals surface area contributed by atoms with E-state index in [1.165, 1.54) is 44.9 Å². The van der Waals surface area contributed by atoms with Gasteiger partial charge in [0, 0.05) is 0 Å². The summed E-state index contributed by atoms with van der Waals surface area (Å²) < 4.78 is 0. The van der Waals surface area contributed by atoms with E-state index in [0.29, 0.717) is 5.92 Å². The summed E-state index contributed by atoms with van der Waals surface area (Å²) in [6.45, 7) is 9.35. The highest BCUT2D eigenvalue weighted by Crippen LogP contribution is 2.37. The third-order valence-corrected chi connectivity index (χ3v) is 4.29. The molecule has 0 heterocycles. The van der Waals surface area contributed by atoms with E-state index in [-0.39, 0.29) is 0 Å². The van der Waals surface area contributed by atoms with Crippen LogP contribution in [0.25, 0.3) is 0 Å². The quantitative estimate of drug-likeness (QED) is 0.402. The molecule has 1 saturated carbocycles. The first-order valence-electron chi connectivity index (χ1n) is 7.78. The molecule has 0 saturated heterocycles. The molecule has 0 spiro atoms. The van der Waals surface area contributed by atoms with E-state index in [9.17, 15) is 0 Å². The van der Waals surface area contributed by atoms with E-state index in [1.807, 2.05) is 0 Å². The molecule has 1 fully saturated rings.